The first-order chi connectivity index (χ1) is 11.6. The quantitative estimate of drug-likeness (QED) is 0.666. The number of rotatable bonds is 5. The second kappa shape index (κ2) is 7.09. The molecule has 7 heteroatoms. The van der Waals surface area contributed by atoms with E-state index in [0.29, 0.717) is 10.8 Å². The van der Waals surface area contributed by atoms with Crippen LogP contribution in [0.2, 0.25) is 0 Å². The lowest BCUT2D eigenvalue weighted by Gasteiger charge is -2.11. The van der Waals surface area contributed by atoms with Gasteiger partial charge in [-0.25, -0.2) is 23.8 Å². The van der Waals surface area contributed by atoms with Gasteiger partial charge >= 0.3 is 0 Å². The predicted octanol–water partition coefficient (Wildman–Crippen LogP) is 3.03. The van der Waals surface area contributed by atoms with Gasteiger partial charge in [-0.2, -0.15) is 5.10 Å². The Morgan fingerprint density at radius 3 is 2.38 bits per heavy atom. The van der Waals surface area contributed by atoms with Gasteiger partial charge in [0.05, 0.1) is 15.9 Å². The van der Waals surface area contributed by atoms with E-state index in [1.165, 1.54) is 0 Å². The Kier molecular flexibility index (Phi) is 4.89. The Hall–Kier alpha value is -2.28. The molecule has 0 aliphatic heterocycles. The summed E-state index contributed by atoms with van der Waals surface area (Å²) in [5.74, 6) is 0.414. The Balaban J connectivity index is 1.74. The van der Waals surface area contributed by atoms with Gasteiger partial charge in [-0.05, 0) is 43.5 Å². The number of anilines is 1. The van der Waals surface area contributed by atoms with Gasteiger partial charge < -0.3 is 0 Å². The molecule has 0 saturated heterocycles. The minimum absolute atomic E-state index is 0.227. The van der Waals surface area contributed by atoms with Crippen LogP contribution in [0.4, 0.5) is 5.95 Å². The van der Waals surface area contributed by atoms with Crippen molar-refractivity contribution in [3.8, 4) is 0 Å². The van der Waals surface area contributed by atoms with Gasteiger partial charge in [0.25, 0.3) is 0 Å². The van der Waals surface area contributed by atoms with Crippen LogP contribution in [0, 0.1) is 0 Å². The van der Waals surface area contributed by atoms with Crippen molar-refractivity contribution in [1.82, 2.24) is 9.97 Å². The van der Waals surface area contributed by atoms with Crippen LogP contribution >= 0.6 is 0 Å². The number of benzene rings is 1. The fourth-order valence-corrected chi connectivity index (χ4v) is 4.69. The molecule has 2 aromatic rings. The van der Waals surface area contributed by atoms with Crippen LogP contribution in [0.3, 0.4) is 0 Å². The Morgan fingerprint density at radius 1 is 1.12 bits per heavy atom. The third kappa shape index (κ3) is 3.62. The second-order valence-corrected chi connectivity index (χ2v) is 8.09. The van der Waals surface area contributed by atoms with Gasteiger partial charge in [-0.3, -0.25) is 0 Å². The van der Waals surface area contributed by atoms with Crippen molar-refractivity contribution >= 4 is 21.5 Å². The molecule has 1 aromatic carbocycles. The van der Waals surface area contributed by atoms with Gasteiger partial charge in [0.2, 0.25) is 5.95 Å². The molecule has 0 radical (unpaired) electrons. The molecule has 24 heavy (non-hydrogen) atoms. The van der Waals surface area contributed by atoms with E-state index >= 15 is 0 Å². The van der Waals surface area contributed by atoms with Crippen molar-refractivity contribution in [1.29, 1.82) is 0 Å². The van der Waals surface area contributed by atoms with Crippen molar-refractivity contribution in [3.05, 3.63) is 48.3 Å². The Bertz CT molecular complexity index is 811. The maximum Gasteiger partial charge on any atom is 0.243 e. The first-order valence-corrected chi connectivity index (χ1v) is 9.53. The van der Waals surface area contributed by atoms with Crippen molar-refractivity contribution in [2.75, 3.05) is 5.43 Å². The summed E-state index contributed by atoms with van der Waals surface area (Å²) in [7, 11) is -3.21. The smallest absolute Gasteiger partial charge is 0.243 e. The summed E-state index contributed by atoms with van der Waals surface area (Å²) in [5, 5.41) is 4.00. The molecule has 1 aliphatic rings. The van der Waals surface area contributed by atoms with E-state index in [2.05, 4.69) is 20.5 Å². The minimum atomic E-state index is -3.21. The first-order valence-electron chi connectivity index (χ1n) is 7.99. The molecule has 1 saturated carbocycles. The van der Waals surface area contributed by atoms with Gasteiger partial charge in [0.15, 0.2) is 9.84 Å². The van der Waals surface area contributed by atoms with Crippen LogP contribution in [0.1, 0.15) is 38.2 Å². The van der Waals surface area contributed by atoms with E-state index in [0.717, 1.165) is 37.0 Å². The fourth-order valence-electron chi connectivity index (χ4n) is 2.83. The maximum absolute atomic E-state index is 12.6. The molecule has 0 amide bonds. The zero-order valence-corrected chi connectivity index (χ0v) is 14.3. The van der Waals surface area contributed by atoms with Gasteiger partial charge in [-0.1, -0.05) is 25.0 Å². The summed E-state index contributed by atoms with van der Waals surface area (Å²) in [5.41, 5.74) is 4.36. The highest BCUT2D eigenvalue weighted by atomic mass is 32.2. The van der Waals surface area contributed by atoms with Crippen molar-refractivity contribution in [3.63, 3.8) is 0 Å². The molecular formula is C17H20N4O2S. The van der Waals surface area contributed by atoms with Crippen LogP contribution in [-0.2, 0) is 9.84 Å². The fraction of sp³-hybridized carbons (Fsp3) is 0.353. The van der Waals surface area contributed by atoms with Gasteiger partial charge in [-0.15, -0.1) is 0 Å². The van der Waals surface area contributed by atoms with E-state index in [4.69, 9.17) is 0 Å². The van der Waals surface area contributed by atoms with Crippen LogP contribution in [0.15, 0.2) is 52.7 Å². The first kappa shape index (κ1) is 16.6. The summed E-state index contributed by atoms with van der Waals surface area (Å²) in [6.07, 6.45) is 6.80. The maximum atomic E-state index is 12.6. The Labute approximate surface area is 142 Å². The topological polar surface area (TPSA) is 84.3 Å². The number of hydrogen-bond acceptors (Lipinski definition) is 6. The van der Waals surface area contributed by atoms with E-state index < -0.39 is 9.84 Å². The summed E-state index contributed by atoms with van der Waals surface area (Å²) in [4.78, 5) is 8.45. The molecule has 1 fully saturated rings. The second-order valence-electron chi connectivity index (χ2n) is 5.86. The van der Waals surface area contributed by atoms with Crippen LogP contribution in [0.25, 0.3) is 0 Å². The lowest BCUT2D eigenvalue weighted by atomic mass is 10.1. The van der Waals surface area contributed by atoms with Crippen molar-refractivity contribution < 1.29 is 8.42 Å². The molecular weight excluding hydrogens is 324 g/mol. The van der Waals surface area contributed by atoms with E-state index in [-0.39, 0.29) is 5.25 Å². The van der Waals surface area contributed by atoms with E-state index in [9.17, 15) is 8.42 Å². The van der Waals surface area contributed by atoms with Crippen LogP contribution < -0.4 is 5.43 Å². The third-order valence-corrected chi connectivity index (χ3v) is 6.51. The molecule has 0 unspecified atom stereocenters. The average Bonchev–Trinajstić information content (AvgIpc) is 3.16. The zero-order valence-electron chi connectivity index (χ0n) is 13.5. The van der Waals surface area contributed by atoms with Gasteiger partial charge in [0.1, 0.15) is 0 Å². The van der Waals surface area contributed by atoms with Gasteiger partial charge in [0, 0.05) is 12.4 Å². The molecule has 0 bridgehead atoms. The largest absolute Gasteiger partial charge is 0.245 e. The van der Waals surface area contributed by atoms with Crippen LogP contribution in [0.5, 0.6) is 0 Å². The number of sulfone groups is 1. The summed E-state index contributed by atoms with van der Waals surface area (Å²) in [6.45, 7) is 1.84. The average molecular weight is 344 g/mol. The molecule has 126 valence electrons. The van der Waals surface area contributed by atoms with E-state index in [1.807, 2.05) is 6.92 Å². The minimum Gasteiger partial charge on any atom is -0.245 e. The number of nitrogens with zero attached hydrogens (tertiary/aromatic N) is 3. The Morgan fingerprint density at radius 2 is 1.75 bits per heavy atom. The highest BCUT2D eigenvalue weighted by Crippen LogP contribution is 2.29. The predicted molar refractivity (Wildman–Crippen MR) is 93.7 cm³/mol. The molecule has 1 aliphatic carbocycles. The molecule has 0 spiro atoms. The standard InChI is InChI=1S/C17H20N4O2S/c1-13(20-21-17-18-11-4-12-19-17)14-7-9-16(10-8-14)24(22,23)15-5-2-3-6-15/h4,7-12,15H,2-3,5-6H2,1H3,(H,18,19,21). The zero-order chi connectivity index (χ0) is 17.0. The van der Waals surface area contributed by atoms with E-state index in [1.54, 1.807) is 42.7 Å². The SMILES string of the molecule is CC(=NNc1ncccn1)c1ccc(S(=O)(=O)C2CCCC2)cc1. The number of hydrazone groups is 1. The third-order valence-electron chi connectivity index (χ3n) is 4.23. The number of nitrogens with one attached hydrogen (secondary N) is 1. The number of aromatic nitrogens is 2. The highest BCUT2D eigenvalue weighted by molar-refractivity contribution is 7.92. The van der Waals surface area contributed by atoms with Crippen molar-refractivity contribution in [2.24, 2.45) is 5.10 Å². The van der Waals surface area contributed by atoms with Crippen molar-refractivity contribution in [2.45, 2.75) is 42.8 Å². The molecule has 1 aromatic heterocycles. The summed E-state index contributed by atoms with van der Waals surface area (Å²) >= 11 is 0. The number of hydrogen-bond donors (Lipinski definition) is 1. The molecule has 6 nitrogen and oxygen atoms in total. The lowest BCUT2D eigenvalue weighted by Crippen LogP contribution is -2.17. The molecule has 1 N–H and O–H groups in total. The monoisotopic (exact) mass is 344 g/mol. The summed E-state index contributed by atoms with van der Waals surface area (Å²) < 4.78 is 25.1. The molecule has 0 atom stereocenters. The lowest BCUT2D eigenvalue weighted by molar-refractivity contribution is 0.579. The normalized spacial score (nSPS) is 16.3. The van der Waals surface area contributed by atoms with Crippen LogP contribution in [-0.4, -0.2) is 29.3 Å². The molecule has 3 rings (SSSR count). The summed E-state index contributed by atoms with van der Waals surface area (Å²) in [6, 6.07) is 8.63. The highest BCUT2D eigenvalue weighted by Gasteiger charge is 2.30. The molecule has 1 heterocycles.